The number of halogens is 1. The molecule has 0 spiro atoms. The molecular formula is C11H16BrNO2. The minimum absolute atomic E-state index is 0.284. The first kappa shape index (κ1) is 12.3. The van der Waals surface area contributed by atoms with Gasteiger partial charge in [0.15, 0.2) is 0 Å². The number of aryl methyl sites for hydroxylation is 1. The highest BCUT2D eigenvalue weighted by Gasteiger charge is 2.07. The third kappa shape index (κ3) is 3.39. The summed E-state index contributed by atoms with van der Waals surface area (Å²) in [5.74, 6) is 0.933. The summed E-state index contributed by atoms with van der Waals surface area (Å²) in [5.41, 5.74) is 6.34. The predicted octanol–water partition coefficient (Wildman–Crippen LogP) is 2.44. The molecule has 0 aliphatic rings. The Hall–Kier alpha value is -0.740. The molecule has 0 fully saturated rings. The number of ether oxygens (including phenoxy) is 1. The first-order valence-corrected chi connectivity index (χ1v) is 5.73. The number of unbranched alkanes of at least 4 members (excludes halogenated alkanes) is 1. The lowest BCUT2D eigenvalue weighted by molar-refractivity contribution is 0.403. The first-order valence-electron chi connectivity index (χ1n) is 4.94. The minimum atomic E-state index is 0.284. The standard InChI is InChI=1S/C11H16BrNO2/c1-15-11-7-10(14)8(6-9(11)12)4-2-3-5-13/h6-7,14H,2-5,13H2,1H3. The molecule has 0 aromatic heterocycles. The Kier molecular flexibility index (Phi) is 4.91. The van der Waals surface area contributed by atoms with E-state index in [-0.39, 0.29) is 5.75 Å². The van der Waals surface area contributed by atoms with E-state index in [1.165, 1.54) is 0 Å². The first-order chi connectivity index (χ1) is 7.19. The molecule has 0 bridgehead atoms. The van der Waals surface area contributed by atoms with Gasteiger partial charge in [-0.15, -0.1) is 0 Å². The quantitative estimate of drug-likeness (QED) is 0.811. The van der Waals surface area contributed by atoms with Gasteiger partial charge >= 0.3 is 0 Å². The third-order valence-electron chi connectivity index (χ3n) is 2.25. The zero-order valence-electron chi connectivity index (χ0n) is 8.79. The van der Waals surface area contributed by atoms with Crippen molar-refractivity contribution in [2.24, 2.45) is 5.73 Å². The van der Waals surface area contributed by atoms with Crippen LogP contribution in [0.2, 0.25) is 0 Å². The molecule has 0 saturated heterocycles. The van der Waals surface area contributed by atoms with E-state index >= 15 is 0 Å². The molecule has 0 aliphatic carbocycles. The number of aromatic hydroxyl groups is 1. The molecule has 1 aromatic rings. The second-order valence-electron chi connectivity index (χ2n) is 3.36. The fourth-order valence-electron chi connectivity index (χ4n) is 1.40. The van der Waals surface area contributed by atoms with Crippen LogP contribution in [-0.2, 0) is 6.42 Å². The van der Waals surface area contributed by atoms with Crippen molar-refractivity contribution in [2.75, 3.05) is 13.7 Å². The van der Waals surface area contributed by atoms with Gasteiger partial charge in [0.25, 0.3) is 0 Å². The van der Waals surface area contributed by atoms with Gasteiger partial charge in [0.1, 0.15) is 11.5 Å². The molecule has 15 heavy (non-hydrogen) atoms. The van der Waals surface area contributed by atoms with Crippen molar-refractivity contribution in [3.8, 4) is 11.5 Å². The normalized spacial score (nSPS) is 10.3. The molecule has 0 unspecified atom stereocenters. The topological polar surface area (TPSA) is 55.5 Å². The van der Waals surface area contributed by atoms with E-state index in [9.17, 15) is 5.11 Å². The summed E-state index contributed by atoms with van der Waals surface area (Å²) in [6.07, 6.45) is 2.80. The Morgan fingerprint density at radius 3 is 2.73 bits per heavy atom. The monoisotopic (exact) mass is 273 g/mol. The van der Waals surface area contributed by atoms with Gasteiger partial charge in [-0.05, 0) is 53.4 Å². The molecule has 4 heteroatoms. The van der Waals surface area contributed by atoms with Crippen LogP contribution in [0.15, 0.2) is 16.6 Å². The van der Waals surface area contributed by atoms with Gasteiger partial charge in [-0.1, -0.05) is 0 Å². The summed E-state index contributed by atoms with van der Waals surface area (Å²) < 4.78 is 5.95. The summed E-state index contributed by atoms with van der Waals surface area (Å²) in [6, 6.07) is 3.52. The van der Waals surface area contributed by atoms with Gasteiger partial charge in [0.2, 0.25) is 0 Å². The molecule has 0 radical (unpaired) electrons. The van der Waals surface area contributed by atoms with Crippen molar-refractivity contribution in [3.05, 3.63) is 22.2 Å². The highest BCUT2D eigenvalue weighted by Crippen LogP contribution is 2.32. The summed E-state index contributed by atoms with van der Waals surface area (Å²) in [7, 11) is 1.58. The Labute approximate surface area is 98.4 Å². The second-order valence-corrected chi connectivity index (χ2v) is 4.22. The van der Waals surface area contributed by atoms with E-state index in [1.807, 2.05) is 6.07 Å². The van der Waals surface area contributed by atoms with Gasteiger partial charge in [0, 0.05) is 6.07 Å². The SMILES string of the molecule is COc1cc(O)c(CCCCN)cc1Br. The number of benzene rings is 1. The van der Waals surface area contributed by atoms with E-state index in [4.69, 9.17) is 10.5 Å². The van der Waals surface area contributed by atoms with Gasteiger partial charge in [0.05, 0.1) is 11.6 Å². The molecule has 3 nitrogen and oxygen atoms in total. The van der Waals surface area contributed by atoms with Crippen LogP contribution in [-0.4, -0.2) is 18.8 Å². The average molecular weight is 274 g/mol. The van der Waals surface area contributed by atoms with Crippen LogP contribution < -0.4 is 10.5 Å². The van der Waals surface area contributed by atoms with Crippen LogP contribution in [0.5, 0.6) is 11.5 Å². The number of hydrogen-bond donors (Lipinski definition) is 2. The maximum absolute atomic E-state index is 9.71. The molecule has 0 atom stereocenters. The Morgan fingerprint density at radius 1 is 1.40 bits per heavy atom. The van der Waals surface area contributed by atoms with Crippen molar-refractivity contribution in [2.45, 2.75) is 19.3 Å². The van der Waals surface area contributed by atoms with Gasteiger partial charge in [-0.2, -0.15) is 0 Å². The molecule has 1 rings (SSSR count). The molecule has 84 valence electrons. The summed E-state index contributed by atoms with van der Waals surface area (Å²) in [5, 5.41) is 9.71. The molecule has 0 heterocycles. The minimum Gasteiger partial charge on any atom is -0.508 e. The van der Waals surface area contributed by atoms with E-state index in [0.29, 0.717) is 12.3 Å². The third-order valence-corrected chi connectivity index (χ3v) is 2.87. The van der Waals surface area contributed by atoms with Gasteiger partial charge < -0.3 is 15.6 Å². The molecule has 0 aliphatic heterocycles. The smallest absolute Gasteiger partial charge is 0.136 e. The van der Waals surface area contributed by atoms with Crippen molar-refractivity contribution in [1.29, 1.82) is 0 Å². The van der Waals surface area contributed by atoms with Crippen molar-refractivity contribution < 1.29 is 9.84 Å². The zero-order chi connectivity index (χ0) is 11.3. The van der Waals surface area contributed by atoms with Crippen molar-refractivity contribution >= 4 is 15.9 Å². The number of hydrogen-bond acceptors (Lipinski definition) is 3. The average Bonchev–Trinajstić information content (AvgIpc) is 2.23. The van der Waals surface area contributed by atoms with Gasteiger partial charge in [-0.25, -0.2) is 0 Å². The van der Waals surface area contributed by atoms with E-state index in [1.54, 1.807) is 13.2 Å². The fraction of sp³-hybridized carbons (Fsp3) is 0.455. The largest absolute Gasteiger partial charge is 0.508 e. The fourth-order valence-corrected chi connectivity index (χ4v) is 1.95. The number of phenols is 1. The van der Waals surface area contributed by atoms with Crippen LogP contribution in [0.25, 0.3) is 0 Å². The predicted molar refractivity (Wildman–Crippen MR) is 64.4 cm³/mol. The summed E-state index contributed by atoms with van der Waals surface area (Å²) >= 11 is 3.39. The summed E-state index contributed by atoms with van der Waals surface area (Å²) in [6.45, 7) is 0.693. The lowest BCUT2D eigenvalue weighted by Gasteiger charge is -2.08. The Bertz CT molecular complexity index is 329. The lowest BCUT2D eigenvalue weighted by atomic mass is 10.1. The van der Waals surface area contributed by atoms with Crippen molar-refractivity contribution in [3.63, 3.8) is 0 Å². The Morgan fingerprint density at radius 2 is 2.13 bits per heavy atom. The lowest BCUT2D eigenvalue weighted by Crippen LogP contribution is -1.99. The van der Waals surface area contributed by atoms with E-state index in [2.05, 4.69) is 15.9 Å². The van der Waals surface area contributed by atoms with E-state index < -0.39 is 0 Å². The molecule has 1 aromatic carbocycles. The zero-order valence-corrected chi connectivity index (χ0v) is 10.4. The maximum Gasteiger partial charge on any atom is 0.136 e. The van der Waals surface area contributed by atoms with Crippen LogP contribution in [0.4, 0.5) is 0 Å². The number of phenolic OH excluding ortho intramolecular Hbond substituents is 1. The van der Waals surface area contributed by atoms with Gasteiger partial charge in [-0.3, -0.25) is 0 Å². The van der Waals surface area contributed by atoms with Crippen LogP contribution in [0.1, 0.15) is 18.4 Å². The molecule has 0 saturated carbocycles. The molecular weight excluding hydrogens is 258 g/mol. The van der Waals surface area contributed by atoms with Crippen molar-refractivity contribution in [1.82, 2.24) is 0 Å². The van der Waals surface area contributed by atoms with Crippen LogP contribution in [0.3, 0.4) is 0 Å². The number of rotatable bonds is 5. The second kappa shape index (κ2) is 5.98. The van der Waals surface area contributed by atoms with Crippen LogP contribution >= 0.6 is 15.9 Å². The highest BCUT2D eigenvalue weighted by atomic mass is 79.9. The molecule has 3 N–H and O–H groups in total. The van der Waals surface area contributed by atoms with E-state index in [0.717, 1.165) is 29.3 Å². The number of nitrogens with two attached hydrogens (primary N) is 1. The number of methoxy groups -OCH3 is 1. The maximum atomic E-state index is 9.71. The molecule has 0 amide bonds. The van der Waals surface area contributed by atoms with Crippen LogP contribution in [0, 0.1) is 0 Å². The highest BCUT2D eigenvalue weighted by molar-refractivity contribution is 9.10. The summed E-state index contributed by atoms with van der Waals surface area (Å²) in [4.78, 5) is 0. The Balaban J connectivity index is 2.76.